The van der Waals surface area contributed by atoms with E-state index in [4.69, 9.17) is 14.2 Å². The van der Waals surface area contributed by atoms with E-state index in [0.29, 0.717) is 50.5 Å². The van der Waals surface area contributed by atoms with E-state index in [1.165, 1.54) is 37.8 Å². The number of fused-ring (bicyclic) bond motifs is 1. The molecule has 192 valence electrons. The van der Waals surface area contributed by atoms with Crippen molar-refractivity contribution in [1.29, 1.82) is 0 Å². The average molecular weight is 508 g/mol. The van der Waals surface area contributed by atoms with Crippen LogP contribution in [0.1, 0.15) is 25.3 Å². The van der Waals surface area contributed by atoms with Gasteiger partial charge in [0, 0.05) is 52.6 Å². The summed E-state index contributed by atoms with van der Waals surface area (Å²) in [4.78, 5) is 4.41. The average Bonchev–Trinajstić information content (AvgIpc) is 2.88. The van der Waals surface area contributed by atoms with Gasteiger partial charge in [0.2, 0.25) is 15.8 Å². The van der Waals surface area contributed by atoms with Gasteiger partial charge in [-0.3, -0.25) is 4.90 Å². The first-order valence-corrected chi connectivity index (χ1v) is 13.3. The number of methoxy groups -OCH3 is 3. The Morgan fingerprint density at radius 3 is 2.23 bits per heavy atom. The van der Waals surface area contributed by atoms with Crippen LogP contribution in [-0.2, 0) is 25.3 Å². The van der Waals surface area contributed by atoms with E-state index in [2.05, 4.69) is 9.80 Å². The number of unbranched alkanes of at least 4 members (excludes halogenated alkanes) is 1. The molecule has 0 saturated carbocycles. The number of halogens is 1. The van der Waals surface area contributed by atoms with Crippen molar-refractivity contribution in [2.24, 2.45) is 0 Å². The van der Waals surface area contributed by atoms with Crippen LogP contribution in [0.25, 0.3) is 0 Å². The van der Waals surface area contributed by atoms with E-state index in [1.54, 1.807) is 30.3 Å². The summed E-state index contributed by atoms with van der Waals surface area (Å²) < 4.78 is 60.6. The van der Waals surface area contributed by atoms with Crippen LogP contribution in [0.2, 0.25) is 0 Å². The van der Waals surface area contributed by atoms with Crippen LogP contribution < -0.4 is 9.64 Å². The molecule has 0 spiro atoms. The molecule has 1 unspecified atom stereocenters. The quantitative estimate of drug-likeness (QED) is 0.508. The van der Waals surface area contributed by atoms with Crippen LogP contribution in [0.4, 0.5) is 10.1 Å². The third-order valence-corrected chi connectivity index (χ3v) is 8.84. The molecule has 2 aromatic rings. The van der Waals surface area contributed by atoms with Gasteiger partial charge in [-0.05, 0) is 42.8 Å². The summed E-state index contributed by atoms with van der Waals surface area (Å²) >= 11 is 0. The predicted molar refractivity (Wildman–Crippen MR) is 131 cm³/mol. The van der Waals surface area contributed by atoms with Crippen LogP contribution in [0, 0.1) is 5.82 Å². The molecule has 0 amide bonds. The third kappa shape index (κ3) is 4.42. The van der Waals surface area contributed by atoms with E-state index < -0.39 is 22.0 Å². The largest absolute Gasteiger partial charge is 0.496 e. The van der Waals surface area contributed by atoms with E-state index >= 15 is 0 Å². The second-order valence-corrected chi connectivity index (χ2v) is 10.6. The van der Waals surface area contributed by atoms with Crippen LogP contribution in [0.15, 0.2) is 47.4 Å². The third-order valence-electron chi connectivity index (χ3n) is 6.95. The molecular weight excluding hydrogens is 473 g/mol. The van der Waals surface area contributed by atoms with Gasteiger partial charge in [0.1, 0.15) is 17.7 Å². The summed E-state index contributed by atoms with van der Waals surface area (Å²) in [7, 11) is 0.739. The molecular formula is C25H34FN3O5S. The number of benzene rings is 2. The van der Waals surface area contributed by atoms with Crippen molar-refractivity contribution in [2.45, 2.75) is 36.6 Å². The number of hydrogen-bond acceptors (Lipinski definition) is 7. The Balaban J connectivity index is 1.77. The lowest BCUT2D eigenvalue weighted by Gasteiger charge is -2.53. The molecule has 8 nitrogen and oxygen atoms in total. The van der Waals surface area contributed by atoms with Crippen LogP contribution >= 0.6 is 0 Å². The van der Waals surface area contributed by atoms with Crippen molar-refractivity contribution in [1.82, 2.24) is 9.21 Å². The van der Waals surface area contributed by atoms with E-state index in [0.717, 1.165) is 12.1 Å². The number of sulfonamides is 1. The maximum absolute atomic E-state index is 14.0. The van der Waals surface area contributed by atoms with E-state index in [-0.39, 0.29) is 10.7 Å². The molecule has 1 atom stereocenters. The number of rotatable bonds is 8. The molecule has 10 heteroatoms. The molecule has 0 aliphatic carbocycles. The highest BCUT2D eigenvalue weighted by Gasteiger charge is 2.59. The van der Waals surface area contributed by atoms with Gasteiger partial charge in [-0.2, -0.15) is 4.31 Å². The smallest absolute Gasteiger partial charge is 0.245 e. The molecule has 1 fully saturated rings. The van der Waals surface area contributed by atoms with E-state index in [1.807, 2.05) is 6.92 Å². The van der Waals surface area contributed by atoms with Crippen molar-refractivity contribution < 1.29 is 27.0 Å². The summed E-state index contributed by atoms with van der Waals surface area (Å²) in [6.45, 7) is 4.80. The fourth-order valence-electron chi connectivity index (χ4n) is 5.17. The van der Waals surface area contributed by atoms with Gasteiger partial charge in [-0.1, -0.05) is 19.4 Å². The number of nitrogens with zero attached hydrogens (tertiary/aromatic N) is 3. The van der Waals surface area contributed by atoms with Gasteiger partial charge in [0.05, 0.1) is 17.6 Å². The number of ether oxygens (including phenoxy) is 3. The predicted octanol–water partition coefficient (Wildman–Crippen LogP) is 3.23. The number of piperazine rings is 1. The molecule has 2 aliphatic heterocycles. The van der Waals surface area contributed by atoms with Crippen LogP contribution in [0.5, 0.6) is 5.75 Å². The molecule has 0 radical (unpaired) electrons. The van der Waals surface area contributed by atoms with Crippen molar-refractivity contribution >= 4 is 15.7 Å². The highest BCUT2D eigenvalue weighted by molar-refractivity contribution is 7.89. The summed E-state index contributed by atoms with van der Waals surface area (Å²) in [5.74, 6) is -1.26. The number of hydrogen-bond donors (Lipinski definition) is 0. The van der Waals surface area contributed by atoms with Crippen LogP contribution in [-0.4, -0.2) is 77.8 Å². The second-order valence-electron chi connectivity index (χ2n) is 8.75. The number of anilines is 1. The first-order chi connectivity index (χ1) is 16.8. The maximum atomic E-state index is 14.0. The summed E-state index contributed by atoms with van der Waals surface area (Å²) in [5.41, 5.74) is 1.31. The summed E-state index contributed by atoms with van der Waals surface area (Å²) in [5, 5.41) is 0. The Morgan fingerprint density at radius 1 is 1.00 bits per heavy atom. The topological polar surface area (TPSA) is 71.6 Å². The summed E-state index contributed by atoms with van der Waals surface area (Å²) in [6, 6.07) is 11.4. The van der Waals surface area contributed by atoms with Crippen molar-refractivity contribution in [3.05, 3.63) is 53.8 Å². The van der Waals surface area contributed by atoms with Crippen molar-refractivity contribution in [3.63, 3.8) is 0 Å². The maximum Gasteiger partial charge on any atom is 0.245 e. The van der Waals surface area contributed by atoms with Gasteiger partial charge >= 0.3 is 0 Å². The molecule has 1 saturated heterocycles. The molecule has 4 rings (SSSR count). The molecule has 2 heterocycles. The minimum Gasteiger partial charge on any atom is -0.496 e. The van der Waals surface area contributed by atoms with Gasteiger partial charge < -0.3 is 19.1 Å². The summed E-state index contributed by atoms with van der Waals surface area (Å²) in [6.07, 6.45) is 0.816. The lowest BCUT2D eigenvalue weighted by molar-refractivity contribution is -0.279. The Hall–Kier alpha value is -2.24. The SMILES string of the molecule is CCCCN1C(N2CCN(c3ccc(F)cc3)CC2)C(OC)(OC)c2c(OC)cccc2S1(=O)=O. The van der Waals surface area contributed by atoms with Gasteiger partial charge in [-0.25, -0.2) is 12.8 Å². The highest BCUT2D eigenvalue weighted by Crippen LogP contribution is 2.49. The Morgan fingerprint density at radius 2 is 1.66 bits per heavy atom. The standard InChI is InChI=1S/C25H34FN3O5S/c1-5-6-14-29-24(28-17-15-27(16-18-28)20-12-10-19(26)11-13-20)25(33-3,34-4)23-21(32-2)8-7-9-22(23)35(29,30)31/h7-13,24H,5-6,14-18H2,1-4H3. The minimum atomic E-state index is -3.85. The molecule has 0 bridgehead atoms. The lowest BCUT2D eigenvalue weighted by atomic mass is 9.98. The zero-order valence-electron chi connectivity index (χ0n) is 20.7. The van der Waals surface area contributed by atoms with Gasteiger partial charge in [-0.15, -0.1) is 0 Å². The fourth-order valence-corrected chi connectivity index (χ4v) is 7.08. The molecule has 35 heavy (non-hydrogen) atoms. The lowest BCUT2D eigenvalue weighted by Crippen LogP contribution is -2.68. The molecule has 0 N–H and O–H groups in total. The normalized spacial score (nSPS) is 22.1. The molecule has 2 aliphatic rings. The Labute approximate surface area is 207 Å². The monoisotopic (exact) mass is 507 g/mol. The zero-order valence-corrected chi connectivity index (χ0v) is 21.6. The first-order valence-electron chi connectivity index (χ1n) is 11.9. The van der Waals surface area contributed by atoms with Gasteiger partial charge in [0.25, 0.3) is 0 Å². The Bertz CT molecular complexity index is 1120. The minimum absolute atomic E-state index is 0.137. The van der Waals surface area contributed by atoms with Crippen molar-refractivity contribution in [2.75, 3.05) is 59.0 Å². The van der Waals surface area contributed by atoms with Gasteiger partial charge in [0.15, 0.2) is 0 Å². The molecule has 0 aromatic heterocycles. The molecule has 2 aromatic carbocycles. The first kappa shape index (κ1) is 25.8. The van der Waals surface area contributed by atoms with Crippen LogP contribution in [0.3, 0.4) is 0 Å². The van der Waals surface area contributed by atoms with E-state index in [9.17, 15) is 12.8 Å². The fraction of sp³-hybridized carbons (Fsp3) is 0.520. The highest BCUT2D eigenvalue weighted by atomic mass is 32.2. The zero-order chi connectivity index (χ0) is 25.2. The second kappa shape index (κ2) is 10.4. The Kier molecular flexibility index (Phi) is 7.68. The van der Waals surface area contributed by atoms with Crippen molar-refractivity contribution in [3.8, 4) is 5.75 Å².